The summed E-state index contributed by atoms with van der Waals surface area (Å²) >= 11 is 5.19. The van der Waals surface area contributed by atoms with Gasteiger partial charge in [-0.3, -0.25) is 19.8 Å². The van der Waals surface area contributed by atoms with Gasteiger partial charge in [-0.1, -0.05) is 42.5 Å². The van der Waals surface area contributed by atoms with E-state index >= 15 is 0 Å². The van der Waals surface area contributed by atoms with E-state index in [9.17, 15) is 9.59 Å². The highest BCUT2D eigenvalue weighted by Crippen LogP contribution is 2.23. The SMILES string of the molecule is CCOc1ccc(N2C(=O)/C(=C\C=C\c3ccccc3)C(=O)NC2=S)cc1. The van der Waals surface area contributed by atoms with E-state index in [1.165, 1.54) is 11.0 Å². The number of allylic oxidation sites excluding steroid dienone is 2. The third kappa shape index (κ3) is 4.30. The van der Waals surface area contributed by atoms with Gasteiger partial charge in [0.25, 0.3) is 11.8 Å². The molecule has 136 valence electrons. The van der Waals surface area contributed by atoms with Crippen LogP contribution in [0.1, 0.15) is 12.5 Å². The maximum atomic E-state index is 12.8. The number of amides is 2. The Morgan fingerprint density at radius 2 is 1.78 bits per heavy atom. The summed E-state index contributed by atoms with van der Waals surface area (Å²) in [6.45, 7) is 2.45. The number of thiocarbonyl (C=S) groups is 1. The predicted molar refractivity (Wildman–Crippen MR) is 109 cm³/mol. The highest BCUT2D eigenvalue weighted by Gasteiger charge is 2.34. The van der Waals surface area contributed by atoms with Crippen LogP contribution in [0, 0.1) is 0 Å². The number of nitrogens with one attached hydrogen (secondary N) is 1. The Morgan fingerprint density at radius 1 is 1.07 bits per heavy atom. The maximum absolute atomic E-state index is 12.8. The molecule has 0 spiro atoms. The van der Waals surface area contributed by atoms with Gasteiger partial charge in [0, 0.05) is 0 Å². The van der Waals surface area contributed by atoms with Crippen molar-refractivity contribution in [2.45, 2.75) is 6.92 Å². The van der Waals surface area contributed by atoms with Gasteiger partial charge in [-0.25, -0.2) is 0 Å². The minimum absolute atomic E-state index is 0.0182. The topological polar surface area (TPSA) is 58.6 Å². The lowest BCUT2D eigenvalue weighted by molar-refractivity contribution is -0.122. The van der Waals surface area contributed by atoms with Gasteiger partial charge in [-0.15, -0.1) is 0 Å². The summed E-state index contributed by atoms with van der Waals surface area (Å²) in [5, 5.41) is 2.62. The molecule has 0 bridgehead atoms. The van der Waals surface area contributed by atoms with Gasteiger partial charge < -0.3 is 4.74 Å². The zero-order valence-electron chi connectivity index (χ0n) is 14.7. The summed E-state index contributed by atoms with van der Waals surface area (Å²) in [5.41, 5.74) is 1.55. The quantitative estimate of drug-likeness (QED) is 0.492. The van der Waals surface area contributed by atoms with Crippen LogP contribution in [0.2, 0.25) is 0 Å². The van der Waals surface area contributed by atoms with E-state index in [1.54, 1.807) is 30.3 Å². The van der Waals surface area contributed by atoms with Crippen LogP contribution >= 0.6 is 12.2 Å². The molecule has 0 unspecified atom stereocenters. The van der Waals surface area contributed by atoms with Gasteiger partial charge in [-0.05, 0) is 55.0 Å². The average Bonchev–Trinajstić information content (AvgIpc) is 2.66. The first kappa shape index (κ1) is 18.5. The molecule has 0 aromatic heterocycles. The van der Waals surface area contributed by atoms with Crippen LogP contribution in [0.15, 0.2) is 72.3 Å². The second-order valence-corrected chi connectivity index (χ2v) is 6.06. The van der Waals surface area contributed by atoms with Gasteiger partial charge >= 0.3 is 0 Å². The van der Waals surface area contributed by atoms with Gasteiger partial charge in [0.2, 0.25) is 0 Å². The number of rotatable bonds is 5. The van der Waals surface area contributed by atoms with E-state index in [1.807, 2.05) is 43.3 Å². The Hall–Kier alpha value is -3.25. The van der Waals surface area contributed by atoms with E-state index in [0.29, 0.717) is 18.0 Å². The number of carbonyl (C=O) groups excluding carboxylic acids is 2. The van der Waals surface area contributed by atoms with Gasteiger partial charge in [0.15, 0.2) is 5.11 Å². The molecule has 3 rings (SSSR count). The van der Waals surface area contributed by atoms with E-state index in [-0.39, 0.29) is 10.7 Å². The van der Waals surface area contributed by atoms with Crippen molar-refractivity contribution in [1.82, 2.24) is 5.32 Å². The number of ether oxygens (including phenoxy) is 1. The Bertz CT molecular complexity index is 918. The number of carbonyl (C=O) groups is 2. The molecule has 1 aliphatic heterocycles. The van der Waals surface area contributed by atoms with Crippen LogP contribution in [0.4, 0.5) is 5.69 Å². The molecule has 2 amide bonds. The van der Waals surface area contributed by atoms with Crippen molar-refractivity contribution in [3.8, 4) is 5.75 Å². The lowest BCUT2D eigenvalue weighted by atomic mass is 10.1. The zero-order chi connectivity index (χ0) is 19.2. The fourth-order valence-electron chi connectivity index (χ4n) is 2.59. The smallest absolute Gasteiger partial charge is 0.270 e. The normalized spacial score (nSPS) is 16.1. The van der Waals surface area contributed by atoms with Crippen LogP contribution in [0.5, 0.6) is 5.75 Å². The van der Waals surface area contributed by atoms with E-state index in [0.717, 1.165) is 5.56 Å². The second-order valence-electron chi connectivity index (χ2n) is 5.68. The molecule has 1 heterocycles. The molecule has 6 heteroatoms. The third-order valence-corrected chi connectivity index (χ3v) is 4.14. The minimum atomic E-state index is -0.509. The van der Waals surface area contributed by atoms with Crippen molar-refractivity contribution in [3.05, 3.63) is 77.9 Å². The zero-order valence-corrected chi connectivity index (χ0v) is 15.5. The first-order valence-electron chi connectivity index (χ1n) is 8.46. The summed E-state index contributed by atoms with van der Waals surface area (Å²) < 4.78 is 5.41. The Labute approximate surface area is 162 Å². The van der Waals surface area contributed by atoms with Crippen molar-refractivity contribution in [3.63, 3.8) is 0 Å². The first-order chi connectivity index (χ1) is 13.1. The van der Waals surface area contributed by atoms with Crippen LogP contribution in [0.3, 0.4) is 0 Å². The fraction of sp³-hybridized carbons (Fsp3) is 0.0952. The summed E-state index contributed by atoms with van der Waals surface area (Å²) in [6.07, 6.45) is 4.99. The number of benzene rings is 2. The predicted octanol–water partition coefficient (Wildman–Crippen LogP) is 3.47. The second kappa shape index (κ2) is 8.42. The van der Waals surface area contributed by atoms with E-state index in [4.69, 9.17) is 17.0 Å². The highest BCUT2D eigenvalue weighted by atomic mass is 32.1. The van der Waals surface area contributed by atoms with Crippen LogP contribution in [-0.2, 0) is 9.59 Å². The fourth-order valence-corrected chi connectivity index (χ4v) is 2.87. The molecule has 0 saturated carbocycles. The van der Waals surface area contributed by atoms with Crippen LogP contribution in [-0.4, -0.2) is 23.5 Å². The first-order valence-corrected chi connectivity index (χ1v) is 8.87. The van der Waals surface area contributed by atoms with Crippen molar-refractivity contribution in [1.29, 1.82) is 0 Å². The Balaban J connectivity index is 1.85. The van der Waals surface area contributed by atoms with Gasteiger partial charge in [0.1, 0.15) is 11.3 Å². The standard InChI is InChI=1S/C21H18N2O3S/c1-2-26-17-13-11-16(12-14-17)23-20(25)18(19(24)22-21(23)27)10-6-9-15-7-4-3-5-8-15/h3-14H,2H2,1H3,(H,22,24,27)/b9-6+,18-10-. The molecule has 0 aliphatic carbocycles. The third-order valence-electron chi connectivity index (χ3n) is 3.86. The van der Waals surface area contributed by atoms with E-state index in [2.05, 4.69) is 5.32 Å². The highest BCUT2D eigenvalue weighted by molar-refractivity contribution is 7.80. The number of hydrogen-bond donors (Lipinski definition) is 1. The molecule has 1 aliphatic rings. The monoisotopic (exact) mass is 378 g/mol. The van der Waals surface area contributed by atoms with Crippen molar-refractivity contribution < 1.29 is 14.3 Å². The molecule has 5 nitrogen and oxygen atoms in total. The molecule has 2 aromatic carbocycles. The molecule has 2 aromatic rings. The number of hydrogen-bond acceptors (Lipinski definition) is 4. The van der Waals surface area contributed by atoms with Crippen molar-refractivity contribution in [2.75, 3.05) is 11.5 Å². The van der Waals surface area contributed by atoms with Crippen LogP contribution in [0.25, 0.3) is 6.08 Å². The van der Waals surface area contributed by atoms with Gasteiger partial charge in [-0.2, -0.15) is 0 Å². The summed E-state index contributed by atoms with van der Waals surface area (Å²) in [4.78, 5) is 26.3. The molecular formula is C21H18N2O3S. The molecule has 0 atom stereocenters. The number of nitrogens with zero attached hydrogens (tertiary/aromatic N) is 1. The number of anilines is 1. The largest absolute Gasteiger partial charge is 0.494 e. The maximum Gasteiger partial charge on any atom is 0.270 e. The van der Waals surface area contributed by atoms with Crippen LogP contribution < -0.4 is 15.0 Å². The molecule has 0 radical (unpaired) electrons. The molecule has 1 saturated heterocycles. The molecule has 1 N–H and O–H groups in total. The minimum Gasteiger partial charge on any atom is -0.494 e. The van der Waals surface area contributed by atoms with E-state index < -0.39 is 11.8 Å². The Kier molecular flexibility index (Phi) is 5.78. The average molecular weight is 378 g/mol. The lowest BCUT2D eigenvalue weighted by Crippen LogP contribution is -2.54. The molecule has 1 fully saturated rings. The summed E-state index contributed by atoms with van der Waals surface area (Å²) in [5.74, 6) is -0.280. The summed E-state index contributed by atoms with van der Waals surface area (Å²) in [6, 6.07) is 16.6. The van der Waals surface area contributed by atoms with Crippen molar-refractivity contribution in [2.24, 2.45) is 0 Å². The summed E-state index contributed by atoms with van der Waals surface area (Å²) in [7, 11) is 0. The molecule has 27 heavy (non-hydrogen) atoms. The van der Waals surface area contributed by atoms with Crippen molar-refractivity contribution >= 4 is 40.9 Å². The Morgan fingerprint density at radius 3 is 2.44 bits per heavy atom. The van der Waals surface area contributed by atoms with Gasteiger partial charge in [0.05, 0.1) is 12.3 Å². The lowest BCUT2D eigenvalue weighted by Gasteiger charge is -2.28. The molecular weight excluding hydrogens is 360 g/mol.